The zero-order valence-corrected chi connectivity index (χ0v) is 10.7. The van der Waals surface area contributed by atoms with Crippen molar-refractivity contribution in [3.8, 4) is 0 Å². The van der Waals surface area contributed by atoms with E-state index >= 15 is 0 Å². The first-order chi connectivity index (χ1) is 8.15. The van der Waals surface area contributed by atoms with Crippen LogP contribution in [0.1, 0.15) is 12.5 Å². The van der Waals surface area contributed by atoms with Crippen LogP contribution in [0.5, 0.6) is 0 Å². The number of epoxide rings is 1. The number of hydrogen-bond acceptors (Lipinski definition) is 4. The molecule has 92 valence electrons. The molecule has 0 spiro atoms. The average Bonchev–Trinajstić information content (AvgIpc) is 3.09. The van der Waals surface area contributed by atoms with Gasteiger partial charge in [-0.25, -0.2) is 0 Å². The summed E-state index contributed by atoms with van der Waals surface area (Å²) in [6, 6.07) is 8.37. The predicted molar refractivity (Wildman–Crippen MR) is 66.0 cm³/mol. The van der Waals surface area contributed by atoms with E-state index in [1.807, 2.05) is 6.92 Å². The molecule has 1 aromatic rings. The Labute approximate surface area is 105 Å². The topological polar surface area (TPSA) is 42.0 Å². The van der Waals surface area contributed by atoms with Crippen LogP contribution < -0.4 is 0 Å². The first-order valence-electron chi connectivity index (χ1n) is 5.87. The molecule has 0 saturated carbocycles. The van der Waals surface area contributed by atoms with Crippen molar-refractivity contribution in [1.82, 2.24) is 0 Å². The van der Waals surface area contributed by atoms with Gasteiger partial charge in [0.1, 0.15) is 23.7 Å². The molecule has 2 fully saturated rings. The van der Waals surface area contributed by atoms with Crippen molar-refractivity contribution < 1.29 is 14.6 Å². The Morgan fingerprint density at radius 1 is 1.12 bits per heavy atom. The molecule has 2 aliphatic rings. The molecule has 0 radical (unpaired) electrons. The number of aryl methyl sites for hydroxylation is 1. The molecule has 1 N–H and O–H groups in total. The highest BCUT2D eigenvalue weighted by atomic mass is 32.2. The third-order valence-corrected chi connectivity index (χ3v) is 4.43. The van der Waals surface area contributed by atoms with E-state index in [1.165, 1.54) is 10.5 Å². The van der Waals surface area contributed by atoms with Crippen LogP contribution in [0, 0.1) is 6.92 Å². The Kier molecular flexibility index (Phi) is 2.91. The van der Waals surface area contributed by atoms with Gasteiger partial charge in [0.15, 0.2) is 0 Å². The normalized spacial score (nSPS) is 39.8. The molecule has 2 heterocycles. The molecular weight excluding hydrogens is 236 g/mol. The van der Waals surface area contributed by atoms with Crippen LogP contribution in [0.25, 0.3) is 0 Å². The van der Waals surface area contributed by atoms with Crippen LogP contribution in [0.4, 0.5) is 0 Å². The van der Waals surface area contributed by atoms with Crippen LogP contribution >= 0.6 is 11.8 Å². The van der Waals surface area contributed by atoms with Gasteiger partial charge in [0.2, 0.25) is 0 Å². The molecule has 1 aromatic carbocycles. The molecule has 5 atom stereocenters. The summed E-state index contributed by atoms with van der Waals surface area (Å²) in [6.07, 6.45) is -0.606. The number of thioether (sulfide) groups is 1. The van der Waals surface area contributed by atoms with Crippen LogP contribution in [0.3, 0.4) is 0 Å². The van der Waals surface area contributed by atoms with Gasteiger partial charge < -0.3 is 14.6 Å². The average molecular weight is 252 g/mol. The van der Waals surface area contributed by atoms with E-state index in [-0.39, 0.29) is 23.7 Å². The van der Waals surface area contributed by atoms with Gasteiger partial charge in [-0.3, -0.25) is 0 Å². The van der Waals surface area contributed by atoms with Gasteiger partial charge in [-0.15, -0.1) is 0 Å². The molecule has 2 saturated heterocycles. The van der Waals surface area contributed by atoms with Gasteiger partial charge in [-0.2, -0.15) is 0 Å². The van der Waals surface area contributed by atoms with Gasteiger partial charge >= 0.3 is 0 Å². The summed E-state index contributed by atoms with van der Waals surface area (Å²) >= 11 is 1.67. The van der Waals surface area contributed by atoms with Crippen LogP contribution in [0.15, 0.2) is 29.2 Å². The SMILES string of the molecule is Cc1ccc(S[C@H]2O[C@H](C)[C@@H](O)[C@@H]3O[C@@H]32)cc1. The lowest BCUT2D eigenvalue weighted by atomic mass is 10.1. The number of hydrogen-bond donors (Lipinski definition) is 1. The Morgan fingerprint density at radius 3 is 2.53 bits per heavy atom. The highest BCUT2D eigenvalue weighted by molar-refractivity contribution is 7.99. The maximum atomic E-state index is 9.75. The Hall–Kier alpha value is -0.550. The van der Waals surface area contributed by atoms with Gasteiger partial charge in [-0.1, -0.05) is 29.5 Å². The minimum Gasteiger partial charge on any atom is -0.388 e. The lowest BCUT2D eigenvalue weighted by Crippen LogP contribution is -2.42. The summed E-state index contributed by atoms with van der Waals surface area (Å²) in [4.78, 5) is 1.18. The lowest BCUT2D eigenvalue weighted by molar-refractivity contribution is -0.0598. The summed E-state index contributed by atoms with van der Waals surface area (Å²) < 4.78 is 11.2. The molecule has 17 heavy (non-hydrogen) atoms. The van der Waals surface area contributed by atoms with Crippen molar-refractivity contribution in [3.63, 3.8) is 0 Å². The Morgan fingerprint density at radius 2 is 1.82 bits per heavy atom. The van der Waals surface area contributed by atoms with Gasteiger partial charge in [-0.05, 0) is 26.0 Å². The first kappa shape index (κ1) is 11.5. The van der Waals surface area contributed by atoms with Crippen molar-refractivity contribution in [2.24, 2.45) is 0 Å². The fourth-order valence-corrected chi connectivity index (χ4v) is 3.26. The minimum atomic E-state index is -0.477. The second-order valence-corrected chi connectivity index (χ2v) is 5.87. The van der Waals surface area contributed by atoms with E-state index in [0.717, 1.165) is 0 Å². The molecule has 0 aliphatic carbocycles. The first-order valence-corrected chi connectivity index (χ1v) is 6.75. The van der Waals surface area contributed by atoms with Crippen molar-refractivity contribution >= 4 is 11.8 Å². The Balaban J connectivity index is 1.68. The van der Waals surface area contributed by atoms with E-state index < -0.39 is 6.10 Å². The van der Waals surface area contributed by atoms with Crippen LogP contribution in [-0.2, 0) is 9.47 Å². The molecule has 0 bridgehead atoms. The molecule has 0 amide bonds. The molecular formula is C13H16O3S. The van der Waals surface area contributed by atoms with Crippen LogP contribution in [-0.4, -0.2) is 35.0 Å². The molecule has 0 unspecified atom stereocenters. The van der Waals surface area contributed by atoms with E-state index in [2.05, 4.69) is 31.2 Å². The standard InChI is InChI=1S/C13H16O3S/c1-7-3-5-9(6-4-7)17-13-12-11(16-12)10(14)8(2)15-13/h3-6,8,10-14H,1-2H3/t8-,10-,11+,12+,13-/m1/s1. The molecule has 2 aliphatic heterocycles. The smallest absolute Gasteiger partial charge is 0.136 e. The van der Waals surface area contributed by atoms with Crippen molar-refractivity contribution in [2.75, 3.05) is 0 Å². The number of rotatable bonds is 2. The van der Waals surface area contributed by atoms with Crippen molar-refractivity contribution in [1.29, 1.82) is 0 Å². The highest BCUT2D eigenvalue weighted by Gasteiger charge is 2.56. The van der Waals surface area contributed by atoms with Gasteiger partial charge in [0, 0.05) is 4.90 Å². The lowest BCUT2D eigenvalue weighted by Gasteiger charge is -2.28. The number of fused-ring (bicyclic) bond motifs is 1. The zero-order valence-electron chi connectivity index (χ0n) is 9.87. The second kappa shape index (κ2) is 4.28. The zero-order chi connectivity index (χ0) is 12.0. The van der Waals surface area contributed by atoms with Crippen molar-refractivity contribution in [2.45, 2.75) is 48.6 Å². The van der Waals surface area contributed by atoms with E-state index in [0.29, 0.717) is 0 Å². The number of aliphatic hydroxyl groups excluding tert-OH is 1. The third-order valence-electron chi connectivity index (χ3n) is 3.27. The molecule has 0 aromatic heterocycles. The van der Waals surface area contributed by atoms with E-state index in [9.17, 15) is 5.11 Å². The number of ether oxygens (including phenoxy) is 2. The maximum absolute atomic E-state index is 9.75. The summed E-state index contributed by atoms with van der Waals surface area (Å²) in [5.41, 5.74) is 1.25. The van der Waals surface area contributed by atoms with Crippen LogP contribution in [0.2, 0.25) is 0 Å². The maximum Gasteiger partial charge on any atom is 0.136 e. The van der Waals surface area contributed by atoms with Gasteiger partial charge in [0.25, 0.3) is 0 Å². The summed E-state index contributed by atoms with van der Waals surface area (Å²) in [7, 11) is 0. The van der Waals surface area contributed by atoms with E-state index in [4.69, 9.17) is 9.47 Å². The monoisotopic (exact) mass is 252 g/mol. The predicted octanol–water partition coefficient (Wildman–Crippen LogP) is 1.96. The van der Waals surface area contributed by atoms with Crippen molar-refractivity contribution in [3.05, 3.63) is 29.8 Å². The summed E-state index contributed by atoms with van der Waals surface area (Å²) in [5, 5.41) is 9.75. The fourth-order valence-electron chi connectivity index (χ4n) is 2.11. The molecule has 3 rings (SSSR count). The molecule has 3 nitrogen and oxygen atoms in total. The number of benzene rings is 1. The Bertz CT molecular complexity index is 404. The largest absolute Gasteiger partial charge is 0.388 e. The summed E-state index contributed by atoms with van der Waals surface area (Å²) in [6.45, 7) is 3.97. The highest BCUT2D eigenvalue weighted by Crippen LogP contribution is 2.43. The molecule has 4 heteroatoms. The second-order valence-electron chi connectivity index (χ2n) is 4.70. The quantitative estimate of drug-likeness (QED) is 0.817. The van der Waals surface area contributed by atoms with Gasteiger partial charge in [0.05, 0.1) is 6.10 Å². The fraction of sp³-hybridized carbons (Fsp3) is 0.538. The summed E-state index contributed by atoms with van der Waals surface area (Å²) in [5.74, 6) is 0. The third kappa shape index (κ3) is 2.22. The minimum absolute atomic E-state index is 0.00102. The van der Waals surface area contributed by atoms with E-state index in [1.54, 1.807) is 11.8 Å². The number of aliphatic hydroxyl groups is 1.